The monoisotopic (exact) mass is 552 g/mol. The zero-order valence-electron chi connectivity index (χ0n) is 25.4. The van der Waals surface area contributed by atoms with E-state index >= 15 is 0 Å². The maximum Gasteiger partial charge on any atom is 0.339 e. The van der Waals surface area contributed by atoms with Crippen molar-refractivity contribution in [3.63, 3.8) is 0 Å². The van der Waals surface area contributed by atoms with Gasteiger partial charge in [-0.3, -0.25) is 0 Å². The number of nitrogens with zero attached hydrogens (tertiary/aromatic N) is 2. The standard InChI is InChI=1S/C34H52N2O4/c1-23(17-19-27-21-25-11-5-9-15-31(25)35(27)3)39-33(37)29-13-7-8-14-30(29)34(38)40-24(2)18-20-28-22-26-12-6-10-16-32(26)36(28)4/h7-8,13-14,23-28,31-32H,5-6,9-12,15-22H2,1-4H3. The summed E-state index contributed by atoms with van der Waals surface area (Å²) < 4.78 is 11.7. The zero-order chi connectivity index (χ0) is 28.2. The van der Waals surface area contributed by atoms with Gasteiger partial charge in [0.25, 0.3) is 0 Å². The summed E-state index contributed by atoms with van der Waals surface area (Å²) in [5.41, 5.74) is 0.602. The highest BCUT2D eigenvalue weighted by molar-refractivity contribution is 6.03. The van der Waals surface area contributed by atoms with Gasteiger partial charge in [0.2, 0.25) is 0 Å². The number of rotatable bonds is 10. The number of carbonyl (C=O) groups excluding carboxylic acids is 2. The Bertz CT molecular complexity index is 934. The minimum Gasteiger partial charge on any atom is -0.459 e. The van der Waals surface area contributed by atoms with Crippen molar-refractivity contribution in [1.29, 1.82) is 0 Å². The van der Waals surface area contributed by atoms with E-state index in [-0.39, 0.29) is 12.2 Å². The van der Waals surface area contributed by atoms with E-state index in [1.807, 2.05) is 13.8 Å². The molecule has 8 unspecified atom stereocenters. The Labute approximate surface area is 242 Å². The Morgan fingerprint density at radius 2 is 1.12 bits per heavy atom. The van der Waals surface area contributed by atoms with Gasteiger partial charge in [-0.2, -0.15) is 0 Å². The second kappa shape index (κ2) is 13.4. The third-order valence-corrected chi connectivity index (χ3v) is 10.9. The molecular weight excluding hydrogens is 500 g/mol. The van der Waals surface area contributed by atoms with Crippen LogP contribution in [0.3, 0.4) is 0 Å². The minimum absolute atomic E-state index is 0.196. The summed E-state index contributed by atoms with van der Waals surface area (Å²) in [5.74, 6) is 0.808. The van der Waals surface area contributed by atoms with E-state index in [0.717, 1.165) is 49.6 Å². The van der Waals surface area contributed by atoms with E-state index in [9.17, 15) is 9.59 Å². The Morgan fingerprint density at radius 1 is 0.725 bits per heavy atom. The number of benzene rings is 1. The second-order valence-corrected chi connectivity index (χ2v) is 13.5. The second-order valence-electron chi connectivity index (χ2n) is 13.5. The smallest absolute Gasteiger partial charge is 0.339 e. The summed E-state index contributed by atoms with van der Waals surface area (Å²) in [5, 5.41) is 0. The number of likely N-dealkylation sites (tertiary alicyclic amines) is 2. The Hall–Kier alpha value is -1.92. The molecule has 2 saturated heterocycles. The van der Waals surface area contributed by atoms with Gasteiger partial charge in [0.05, 0.1) is 23.3 Å². The van der Waals surface area contributed by atoms with Crippen LogP contribution < -0.4 is 0 Å². The fourth-order valence-electron chi connectivity index (χ4n) is 8.52. The minimum atomic E-state index is -0.434. The van der Waals surface area contributed by atoms with Crippen molar-refractivity contribution >= 4 is 11.9 Å². The summed E-state index contributed by atoms with van der Waals surface area (Å²) in [7, 11) is 4.55. The lowest BCUT2D eigenvalue weighted by Crippen LogP contribution is -2.35. The van der Waals surface area contributed by atoms with Gasteiger partial charge in [0.15, 0.2) is 0 Å². The highest BCUT2D eigenvalue weighted by atomic mass is 16.5. The highest BCUT2D eigenvalue weighted by Gasteiger charge is 2.40. The number of esters is 2. The largest absolute Gasteiger partial charge is 0.459 e. The average molecular weight is 553 g/mol. The van der Waals surface area contributed by atoms with E-state index in [4.69, 9.17) is 9.47 Å². The van der Waals surface area contributed by atoms with Gasteiger partial charge in [-0.1, -0.05) is 37.8 Å². The predicted octanol–water partition coefficient (Wildman–Crippen LogP) is 6.86. The molecule has 0 radical (unpaired) electrons. The van der Waals surface area contributed by atoms with E-state index in [1.54, 1.807) is 24.3 Å². The highest BCUT2D eigenvalue weighted by Crippen LogP contribution is 2.41. The molecule has 6 nitrogen and oxygen atoms in total. The fourth-order valence-corrected chi connectivity index (χ4v) is 8.52. The molecule has 6 heteroatoms. The van der Waals surface area contributed by atoms with Crippen LogP contribution in [0.25, 0.3) is 0 Å². The van der Waals surface area contributed by atoms with Crippen molar-refractivity contribution in [3.8, 4) is 0 Å². The Balaban J connectivity index is 1.09. The van der Waals surface area contributed by atoms with Crippen LogP contribution in [0.4, 0.5) is 0 Å². The molecule has 2 heterocycles. The third kappa shape index (κ3) is 6.75. The molecule has 2 aliphatic heterocycles. The van der Waals surface area contributed by atoms with Crippen LogP contribution in [-0.2, 0) is 9.47 Å². The average Bonchev–Trinajstić information content (AvgIpc) is 3.46. The molecule has 1 aromatic rings. The molecule has 4 aliphatic rings. The van der Waals surface area contributed by atoms with Crippen molar-refractivity contribution < 1.29 is 19.1 Å². The SMILES string of the molecule is CC(CCC1CC2CCCCC2N1C)OC(=O)c1ccccc1C(=O)OC(C)CCC1CC2CCCCC2N1C. The number of ether oxygens (including phenoxy) is 2. The van der Waals surface area contributed by atoms with Crippen LogP contribution in [0.5, 0.6) is 0 Å². The first kappa shape index (κ1) is 29.6. The van der Waals surface area contributed by atoms with Crippen LogP contribution in [0.1, 0.15) is 124 Å². The van der Waals surface area contributed by atoms with Crippen molar-refractivity contribution in [3.05, 3.63) is 35.4 Å². The van der Waals surface area contributed by atoms with Crippen LogP contribution in [0.15, 0.2) is 24.3 Å². The normalized spacial score (nSPS) is 32.2. The first-order chi connectivity index (χ1) is 19.3. The molecule has 0 bridgehead atoms. The molecular formula is C34H52N2O4. The van der Waals surface area contributed by atoms with E-state index in [1.165, 1.54) is 64.2 Å². The molecule has 0 amide bonds. The van der Waals surface area contributed by atoms with Crippen molar-refractivity contribution in [2.24, 2.45) is 11.8 Å². The zero-order valence-corrected chi connectivity index (χ0v) is 25.4. The van der Waals surface area contributed by atoms with Gasteiger partial charge in [-0.25, -0.2) is 9.59 Å². The van der Waals surface area contributed by atoms with Crippen LogP contribution in [-0.4, -0.2) is 72.2 Å². The number of fused-ring (bicyclic) bond motifs is 2. The molecule has 2 saturated carbocycles. The van der Waals surface area contributed by atoms with Crippen LogP contribution in [0.2, 0.25) is 0 Å². The summed E-state index contributed by atoms with van der Waals surface area (Å²) in [6.45, 7) is 3.94. The van der Waals surface area contributed by atoms with Gasteiger partial charge in [-0.15, -0.1) is 0 Å². The summed E-state index contributed by atoms with van der Waals surface area (Å²) >= 11 is 0. The number of carbonyl (C=O) groups is 2. The van der Waals surface area contributed by atoms with Gasteiger partial charge < -0.3 is 19.3 Å². The molecule has 4 fully saturated rings. The molecule has 0 spiro atoms. The number of hydrogen-bond acceptors (Lipinski definition) is 6. The van der Waals surface area contributed by atoms with Gasteiger partial charge in [0, 0.05) is 24.2 Å². The van der Waals surface area contributed by atoms with Crippen molar-refractivity contribution in [1.82, 2.24) is 9.80 Å². The molecule has 0 N–H and O–H groups in total. The van der Waals surface area contributed by atoms with E-state index < -0.39 is 11.9 Å². The topological polar surface area (TPSA) is 59.1 Å². The van der Waals surface area contributed by atoms with Crippen molar-refractivity contribution in [2.75, 3.05) is 14.1 Å². The summed E-state index contributed by atoms with van der Waals surface area (Å²) in [4.78, 5) is 31.5. The lowest BCUT2D eigenvalue weighted by Gasteiger charge is -2.31. The molecule has 2 aliphatic carbocycles. The van der Waals surface area contributed by atoms with Gasteiger partial charge in [-0.05, 0) is 116 Å². The maximum atomic E-state index is 13.1. The lowest BCUT2D eigenvalue weighted by molar-refractivity contribution is 0.0257. The summed E-state index contributed by atoms with van der Waals surface area (Å²) in [6.07, 6.45) is 16.7. The molecule has 40 heavy (non-hydrogen) atoms. The Kier molecular flexibility index (Phi) is 9.89. The van der Waals surface area contributed by atoms with E-state index in [2.05, 4.69) is 23.9 Å². The Morgan fingerprint density at radius 3 is 1.52 bits per heavy atom. The van der Waals surface area contributed by atoms with Crippen LogP contribution >= 0.6 is 0 Å². The predicted molar refractivity (Wildman–Crippen MR) is 158 cm³/mol. The quantitative estimate of drug-likeness (QED) is 0.296. The van der Waals surface area contributed by atoms with Gasteiger partial charge in [0.1, 0.15) is 0 Å². The van der Waals surface area contributed by atoms with Crippen LogP contribution in [0, 0.1) is 11.8 Å². The molecule has 1 aromatic carbocycles. The summed E-state index contributed by atoms with van der Waals surface area (Å²) in [6, 6.07) is 9.55. The molecule has 0 aromatic heterocycles. The van der Waals surface area contributed by atoms with Crippen molar-refractivity contribution in [2.45, 2.75) is 140 Å². The molecule has 8 atom stereocenters. The first-order valence-corrected chi connectivity index (χ1v) is 16.3. The fraction of sp³-hybridized carbons (Fsp3) is 0.765. The lowest BCUT2D eigenvalue weighted by atomic mass is 9.84. The van der Waals surface area contributed by atoms with E-state index in [0.29, 0.717) is 23.2 Å². The van der Waals surface area contributed by atoms with Gasteiger partial charge >= 0.3 is 11.9 Å². The number of hydrogen-bond donors (Lipinski definition) is 0. The molecule has 5 rings (SSSR count). The third-order valence-electron chi connectivity index (χ3n) is 10.9. The maximum absolute atomic E-state index is 13.1. The molecule has 222 valence electrons. The first-order valence-electron chi connectivity index (χ1n) is 16.3.